The molecule has 0 spiro atoms. The molecule has 8 nitrogen and oxygen atoms in total. The van der Waals surface area contributed by atoms with E-state index in [1.807, 2.05) is 42.7 Å². The summed E-state index contributed by atoms with van der Waals surface area (Å²) in [5.74, 6) is 0.890. The topological polar surface area (TPSA) is 90.1 Å². The van der Waals surface area contributed by atoms with Crippen molar-refractivity contribution in [2.75, 3.05) is 39.8 Å². The molecular weight excluding hydrogens is 534 g/mol. The first-order valence-electron chi connectivity index (χ1n) is 15.1. The van der Waals surface area contributed by atoms with Gasteiger partial charge in [-0.2, -0.15) is 0 Å². The molecular formula is C35H43N7O. The number of hydrogen-bond donors (Lipinski definition) is 4. The zero-order valence-electron chi connectivity index (χ0n) is 25.1. The molecule has 0 unspecified atom stereocenters. The van der Waals surface area contributed by atoms with Crippen LogP contribution in [0.15, 0.2) is 97.5 Å². The molecule has 3 aromatic heterocycles. The Bertz CT molecular complexity index is 1440. The van der Waals surface area contributed by atoms with Crippen molar-refractivity contribution in [2.45, 2.75) is 32.6 Å². The van der Waals surface area contributed by atoms with Gasteiger partial charge in [0.15, 0.2) is 0 Å². The monoisotopic (exact) mass is 577 g/mol. The van der Waals surface area contributed by atoms with Crippen LogP contribution in [0, 0.1) is 0 Å². The molecule has 0 atom stereocenters. The molecule has 0 aliphatic carbocycles. The number of nitrogens with one attached hydrogen (secondary N) is 4. The Morgan fingerprint density at radius 3 is 2.00 bits per heavy atom. The second-order valence-electron chi connectivity index (χ2n) is 10.7. The van der Waals surface area contributed by atoms with E-state index >= 15 is 0 Å². The van der Waals surface area contributed by atoms with E-state index in [0.717, 1.165) is 88.0 Å². The van der Waals surface area contributed by atoms with Crippen molar-refractivity contribution in [3.05, 3.63) is 126 Å². The van der Waals surface area contributed by atoms with E-state index in [9.17, 15) is 0 Å². The second-order valence-corrected chi connectivity index (χ2v) is 10.7. The summed E-state index contributed by atoms with van der Waals surface area (Å²) >= 11 is 0. The van der Waals surface area contributed by atoms with Gasteiger partial charge in [0.2, 0.25) is 0 Å². The number of hydrogen-bond acceptors (Lipinski definition) is 7. The second kappa shape index (κ2) is 16.5. The Morgan fingerprint density at radius 1 is 0.721 bits per heavy atom. The fourth-order valence-corrected chi connectivity index (χ4v) is 5.15. The van der Waals surface area contributed by atoms with Crippen molar-refractivity contribution in [3.63, 3.8) is 0 Å². The van der Waals surface area contributed by atoms with Crippen LogP contribution in [-0.4, -0.2) is 59.7 Å². The molecule has 3 heterocycles. The van der Waals surface area contributed by atoms with Gasteiger partial charge in [-0.3, -0.25) is 14.9 Å². The van der Waals surface area contributed by atoms with Crippen LogP contribution in [0.3, 0.4) is 0 Å². The number of aromatic amines is 1. The van der Waals surface area contributed by atoms with Gasteiger partial charge >= 0.3 is 0 Å². The van der Waals surface area contributed by atoms with Crippen molar-refractivity contribution in [2.24, 2.45) is 0 Å². The fraction of sp³-hybridized carbons (Fsp3) is 0.314. The van der Waals surface area contributed by atoms with Crippen molar-refractivity contribution in [1.29, 1.82) is 0 Å². The number of pyridine rings is 2. The molecule has 0 aliphatic rings. The number of ether oxygens (including phenoxy) is 1. The van der Waals surface area contributed by atoms with Crippen LogP contribution in [-0.2, 0) is 32.6 Å². The number of methoxy groups -OCH3 is 1. The molecule has 0 radical (unpaired) electrons. The summed E-state index contributed by atoms with van der Waals surface area (Å²) < 4.78 is 5.40. The Labute approximate surface area is 254 Å². The number of rotatable bonds is 18. The van der Waals surface area contributed by atoms with Gasteiger partial charge in [0.25, 0.3) is 0 Å². The third-order valence-electron chi connectivity index (χ3n) is 7.58. The average molecular weight is 578 g/mol. The third-order valence-corrected chi connectivity index (χ3v) is 7.58. The van der Waals surface area contributed by atoms with Gasteiger partial charge < -0.3 is 25.7 Å². The maximum absolute atomic E-state index is 5.40. The van der Waals surface area contributed by atoms with Gasteiger partial charge in [-0.05, 0) is 72.1 Å². The first-order valence-corrected chi connectivity index (χ1v) is 15.1. The minimum atomic E-state index is 0.781. The van der Waals surface area contributed by atoms with Gasteiger partial charge in [0, 0.05) is 81.9 Å². The minimum absolute atomic E-state index is 0.781. The molecule has 224 valence electrons. The summed E-state index contributed by atoms with van der Waals surface area (Å²) in [6.07, 6.45) is 6.76. The summed E-state index contributed by atoms with van der Waals surface area (Å²) in [6.45, 7) is 7.97. The van der Waals surface area contributed by atoms with Crippen molar-refractivity contribution in [3.8, 4) is 5.75 Å². The first kappa shape index (κ1) is 30.4. The van der Waals surface area contributed by atoms with Crippen LogP contribution in [0.4, 0.5) is 0 Å². The van der Waals surface area contributed by atoms with Crippen LogP contribution in [0.2, 0.25) is 0 Å². The van der Waals surface area contributed by atoms with Gasteiger partial charge in [-0.1, -0.05) is 36.4 Å². The van der Waals surface area contributed by atoms with E-state index in [-0.39, 0.29) is 0 Å². The summed E-state index contributed by atoms with van der Waals surface area (Å²) in [5.41, 5.74) is 7.21. The number of aromatic nitrogens is 3. The van der Waals surface area contributed by atoms with Gasteiger partial charge in [0.05, 0.1) is 18.5 Å². The van der Waals surface area contributed by atoms with Gasteiger partial charge in [0.1, 0.15) is 5.75 Å². The van der Waals surface area contributed by atoms with Crippen molar-refractivity contribution >= 4 is 10.9 Å². The lowest BCUT2D eigenvalue weighted by Gasteiger charge is -2.23. The molecule has 0 bridgehead atoms. The molecule has 5 aromatic rings. The normalized spacial score (nSPS) is 11.4. The Morgan fingerprint density at radius 2 is 1.37 bits per heavy atom. The van der Waals surface area contributed by atoms with E-state index in [4.69, 9.17) is 4.74 Å². The average Bonchev–Trinajstić information content (AvgIpc) is 3.47. The predicted octanol–water partition coefficient (Wildman–Crippen LogP) is 4.68. The summed E-state index contributed by atoms with van der Waals surface area (Å²) in [5, 5.41) is 11.9. The molecule has 0 saturated heterocycles. The van der Waals surface area contributed by atoms with E-state index in [1.54, 1.807) is 7.11 Å². The highest BCUT2D eigenvalue weighted by atomic mass is 16.5. The van der Waals surface area contributed by atoms with E-state index < -0.39 is 0 Å². The first-order chi connectivity index (χ1) is 21.3. The van der Waals surface area contributed by atoms with Crippen LogP contribution in [0.5, 0.6) is 5.75 Å². The zero-order valence-corrected chi connectivity index (χ0v) is 25.1. The maximum atomic E-state index is 5.40. The summed E-state index contributed by atoms with van der Waals surface area (Å²) in [7, 11) is 1.71. The molecule has 8 heteroatoms. The number of H-pyrrole nitrogens is 1. The molecule has 5 rings (SSSR count). The Hall–Kier alpha value is -4.08. The quantitative estimate of drug-likeness (QED) is 0.113. The van der Waals surface area contributed by atoms with Crippen LogP contribution in [0.25, 0.3) is 10.9 Å². The lowest BCUT2D eigenvalue weighted by molar-refractivity contribution is 0.263. The van der Waals surface area contributed by atoms with Crippen LogP contribution >= 0.6 is 0 Å². The smallest absolute Gasteiger partial charge is 0.119 e. The third kappa shape index (κ3) is 9.73. The number of nitrogens with zero attached hydrogens (tertiary/aromatic N) is 3. The highest BCUT2D eigenvalue weighted by Gasteiger charge is 2.08. The van der Waals surface area contributed by atoms with Crippen molar-refractivity contribution in [1.82, 2.24) is 35.8 Å². The van der Waals surface area contributed by atoms with Gasteiger partial charge in [-0.15, -0.1) is 0 Å². The lowest BCUT2D eigenvalue weighted by Crippen LogP contribution is -2.36. The maximum Gasteiger partial charge on any atom is 0.119 e. The summed E-state index contributed by atoms with van der Waals surface area (Å²) in [4.78, 5) is 14.7. The Kier molecular flexibility index (Phi) is 11.7. The molecule has 2 aromatic carbocycles. The standard InChI is InChI=1S/C35H43N7O/c1-43-33-12-13-35-34(22-33)30(24-41-35)14-17-36-23-28-8-10-29(11-9-28)27-42(20-18-37-25-31-6-2-4-15-39-31)21-19-38-26-32-7-3-5-16-40-32/h2-13,15-16,22,24,36-38,41H,14,17-21,23,25-27H2,1H3. The van der Waals surface area contributed by atoms with Crippen molar-refractivity contribution < 1.29 is 4.74 Å². The molecule has 4 N–H and O–H groups in total. The largest absolute Gasteiger partial charge is 0.497 e. The van der Waals surface area contributed by atoms with Gasteiger partial charge in [-0.25, -0.2) is 0 Å². The highest BCUT2D eigenvalue weighted by Crippen LogP contribution is 2.23. The molecule has 0 amide bonds. The highest BCUT2D eigenvalue weighted by molar-refractivity contribution is 5.84. The fourth-order valence-electron chi connectivity index (χ4n) is 5.15. The molecule has 0 saturated carbocycles. The molecule has 0 fully saturated rings. The van der Waals surface area contributed by atoms with Crippen LogP contribution < -0.4 is 20.7 Å². The van der Waals surface area contributed by atoms with E-state index in [1.165, 1.54) is 22.1 Å². The zero-order chi connectivity index (χ0) is 29.5. The molecule has 0 aliphatic heterocycles. The predicted molar refractivity (Wildman–Crippen MR) is 174 cm³/mol. The minimum Gasteiger partial charge on any atom is -0.497 e. The van der Waals surface area contributed by atoms with E-state index in [0.29, 0.717) is 0 Å². The number of fused-ring (bicyclic) bond motifs is 1. The van der Waals surface area contributed by atoms with E-state index in [2.05, 4.69) is 90.5 Å². The number of benzene rings is 2. The lowest BCUT2D eigenvalue weighted by atomic mass is 10.1. The summed E-state index contributed by atoms with van der Waals surface area (Å²) in [6, 6.07) is 27.3. The molecule has 43 heavy (non-hydrogen) atoms. The Balaban J connectivity index is 1.07. The van der Waals surface area contributed by atoms with Crippen LogP contribution in [0.1, 0.15) is 28.1 Å². The SMILES string of the molecule is COc1ccc2[nH]cc(CCNCc3ccc(CN(CCNCc4ccccn4)CCNCc4ccccn4)cc3)c2c1.